The zero-order valence-corrected chi connectivity index (χ0v) is 9.67. The molecule has 0 atom stereocenters. The number of imidazole rings is 1. The number of rotatable bonds is 6. The quantitative estimate of drug-likeness (QED) is 0.715. The second kappa shape index (κ2) is 5.77. The molecule has 0 bridgehead atoms. The van der Waals surface area contributed by atoms with Crippen molar-refractivity contribution in [3.63, 3.8) is 0 Å². The van der Waals surface area contributed by atoms with Crippen LogP contribution in [-0.2, 0) is 17.9 Å². The van der Waals surface area contributed by atoms with Crippen LogP contribution in [0.25, 0.3) is 11.0 Å². The van der Waals surface area contributed by atoms with Crippen LogP contribution in [0, 0.1) is 0 Å². The molecule has 0 spiro atoms. The summed E-state index contributed by atoms with van der Waals surface area (Å²) in [4.78, 5) is 4.49. The lowest BCUT2D eigenvalue weighted by atomic mass is 10.3. The first kappa shape index (κ1) is 12.0. The number of nitrogens with two attached hydrogens (primary N) is 1. The fourth-order valence-corrected chi connectivity index (χ4v) is 1.83. The Bertz CT molecular complexity index is 482. The molecule has 2 rings (SSSR count). The molecule has 0 aliphatic rings. The standard InChI is InChI=1S/C12H17N3O2/c13-5-8-17-9-12-14-10-3-1-2-4-11(10)15(12)6-7-16/h1-4,16H,5-9,13H2. The van der Waals surface area contributed by atoms with E-state index in [9.17, 15) is 0 Å². The van der Waals surface area contributed by atoms with E-state index in [0.717, 1.165) is 16.9 Å². The molecule has 0 fully saturated rings. The van der Waals surface area contributed by atoms with Crippen LogP contribution in [0.3, 0.4) is 0 Å². The van der Waals surface area contributed by atoms with Crippen LogP contribution < -0.4 is 5.73 Å². The van der Waals surface area contributed by atoms with Crippen LogP contribution in [0.15, 0.2) is 24.3 Å². The Morgan fingerprint density at radius 2 is 2.18 bits per heavy atom. The molecule has 0 unspecified atom stereocenters. The topological polar surface area (TPSA) is 73.3 Å². The minimum atomic E-state index is 0.0875. The third kappa shape index (κ3) is 2.63. The summed E-state index contributed by atoms with van der Waals surface area (Å²) in [5.74, 6) is 0.828. The number of benzene rings is 1. The van der Waals surface area contributed by atoms with E-state index in [1.807, 2.05) is 28.8 Å². The molecule has 0 aliphatic carbocycles. The van der Waals surface area contributed by atoms with Crippen LogP contribution in [0.1, 0.15) is 5.82 Å². The lowest BCUT2D eigenvalue weighted by Gasteiger charge is -2.07. The molecule has 5 nitrogen and oxygen atoms in total. The van der Waals surface area contributed by atoms with Gasteiger partial charge in [-0.15, -0.1) is 0 Å². The normalized spacial score (nSPS) is 11.2. The Hall–Kier alpha value is -1.43. The summed E-state index contributed by atoms with van der Waals surface area (Å²) in [6.45, 7) is 2.06. The minimum absolute atomic E-state index is 0.0875. The van der Waals surface area contributed by atoms with E-state index >= 15 is 0 Å². The molecule has 0 saturated heterocycles. The van der Waals surface area contributed by atoms with Gasteiger partial charge in [-0.25, -0.2) is 4.98 Å². The third-order valence-corrected chi connectivity index (χ3v) is 2.55. The second-order valence-corrected chi connectivity index (χ2v) is 3.73. The average Bonchev–Trinajstić information content (AvgIpc) is 2.69. The van der Waals surface area contributed by atoms with Crippen molar-refractivity contribution in [3.8, 4) is 0 Å². The molecule has 17 heavy (non-hydrogen) atoms. The summed E-state index contributed by atoms with van der Waals surface area (Å²) in [5.41, 5.74) is 7.32. The number of fused-ring (bicyclic) bond motifs is 1. The first-order valence-electron chi connectivity index (χ1n) is 5.69. The van der Waals surface area contributed by atoms with E-state index < -0.39 is 0 Å². The number of nitrogens with zero attached hydrogens (tertiary/aromatic N) is 2. The van der Waals surface area contributed by atoms with Gasteiger partial charge < -0.3 is 20.1 Å². The monoisotopic (exact) mass is 235 g/mol. The van der Waals surface area contributed by atoms with Gasteiger partial charge in [0.2, 0.25) is 0 Å². The Kier molecular flexibility index (Phi) is 4.08. The molecule has 0 aliphatic heterocycles. The lowest BCUT2D eigenvalue weighted by Crippen LogP contribution is -2.12. The van der Waals surface area contributed by atoms with Gasteiger partial charge in [-0.3, -0.25) is 0 Å². The minimum Gasteiger partial charge on any atom is -0.395 e. The highest BCUT2D eigenvalue weighted by molar-refractivity contribution is 5.75. The second-order valence-electron chi connectivity index (χ2n) is 3.73. The van der Waals surface area contributed by atoms with Crippen molar-refractivity contribution in [3.05, 3.63) is 30.1 Å². The molecule has 1 heterocycles. The molecule has 2 aromatic rings. The molecule has 5 heteroatoms. The molecule has 1 aromatic carbocycles. The third-order valence-electron chi connectivity index (χ3n) is 2.55. The van der Waals surface area contributed by atoms with Crippen LogP contribution in [0.2, 0.25) is 0 Å². The van der Waals surface area contributed by atoms with Crippen molar-refractivity contribution in [2.24, 2.45) is 5.73 Å². The first-order chi connectivity index (χ1) is 8.36. The van der Waals surface area contributed by atoms with Crippen molar-refractivity contribution in [1.82, 2.24) is 9.55 Å². The number of para-hydroxylation sites is 2. The largest absolute Gasteiger partial charge is 0.395 e. The predicted octanol–water partition coefficient (Wildman–Crippen LogP) is 0.504. The maximum Gasteiger partial charge on any atom is 0.136 e. The van der Waals surface area contributed by atoms with E-state index in [-0.39, 0.29) is 6.61 Å². The van der Waals surface area contributed by atoms with E-state index in [1.165, 1.54) is 0 Å². The maximum atomic E-state index is 9.08. The van der Waals surface area contributed by atoms with Crippen molar-refractivity contribution < 1.29 is 9.84 Å². The number of hydrogen-bond donors (Lipinski definition) is 2. The molecule has 3 N–H and O–H groups in total. The molecule has 0 saturated carbocycles. The molecule has 0 amide bonds. The highest BCUT2D eigenvalue weighted by Gasteiger charge is 2.09. The highest BCUT2D eigenvalue weighted by atomic mass is 16.5. The maximum absolute atomic E-state index is 9.08. The number of aliphatic hydroxyl groups is 1. The zero-order chi connectivity index (χ0) is 12.1. The van der Waals surface area contributed by atoms with Crippen LogP contribution in [-0.4, -0.2) is 34.4 Å². The summed E-state index contributed by atoms with van der Waals surface area (Å²) in [5, 5.41) is 9.08. The van der Waals surface area contributed by atoms with Gasteiger partial charge in [0.05, 0.1) is 24.2 Å². The Labute approximate surface area is 99.8 Å². The van der Waals surface area contributed by atoms with Gasteiger partial charge in [0.1, 0.15) is 12.4 Å². The molecular weight excluding hydrogens is 218 g/mol. The number of ether oxygens (including phenoxy) is 1. The molecule has 92 valence electrons. The van der Waals surface area contributed by atoms with Gasteiger partial charge in [0, 0.05) is 13.1 Å². The summed E-state index contributed by atoms with van der Waals surface area (Å²) in [6, 6.07) is 7.85. The zero-order valence-electron chi connectivity index (χ0n) is 9.67. The highest BCUT2D eigenvalue weighted by Crippen LogP contribution is 2.16. The molecular formula is C12H17N3O2. The Balaban J connectivity index is 2.29. The summed E-state index contributed by atoms with van der Waals surface area (Å²) in [6.07, 6.45) is 0. The van der Waals surface area contributed by atoms with E-state index in [2.05, 4.69) is 4.98 Å². The average molecular weight is 235 g/mol. The van der Waals surface area contributed by atoms with E-state index in [4.69, 9.17) is 15.6 Å². The molecule has 0 radical (unpaired) electrons. The van der Waals surface area contributed by atoms with Crippen LogP contribution >= 0.6 is 0 Å². The fraction of sp³-hybridized carbons (Fsp3) is 0.417. The van der Waals surface area contributed by atoms with Crippen LogP contribution in [0.4, 0.5) is 0 Å². The number of aliphatic hydroxyl groups excluding tert-OH is 1. The van der Waals surface area contributed by atoms with Gasteiger partial charge >= 0.3 is 0 Å². The van der Waals surface area contributed by atoms with Gasteiger partial charge in [-0.2, -0.15) is 0 Å². The summed E-state index contributed by atoms with van der Waals surface area (Å²) in [7, 11) is 0. The van der Waals surface area contributed by atoms with Crippen LogP contribution in [0.5, 0.6) is 0 Å². The first-order valence-corrected chi connectivity index (χ1v) is 5.69. The van der Waals surface area contributed by atoms with Crippen molar-refractivity contribution in [2.75, 3.05) is 19.8 Å². The number of hydrogen-bond acceptors (Lipinski definition) is 4. The SMILES string of the molecule is NCCOCc1nc2ccccc2n1CCO. The Morgan fingerprint density at radius 3 is 2.94 bits per heavy atom. The number of aromatic nitrogens is 2. The summed E-state index contributed by atoms with van der Waals surface area (Å²) >= 11 is 0. The van der Waals surface area contributed by atoms with Gasteiger partial charge in [0.25, 0.3) is 0 Å². The van der Waals surface area contributed by atoms with Gasteiger partial charge in [-0.1, -0.05) is 12.1 Å². The Morgan fingerprint density at radius 1 is 1.35 bits per heavy atom. The van der Waals surface area contributed by atoms with Gasteiger partial charge in [0.15, 0.2) is 0 Å². The summed E-state index contributed by atoms with van der Waals surface area (Å²) < 4.78 is 7.37. The van der Waals surface area contributed by atoms with Gasteiger partial charge in [-0.05, 0) is 12.1 Å². The van der Waals surface area contributed by atoms with E-state index in [1.54, 1.807) is 0 Å². The van der Waals surface area contributed by atoms with E-state index in [0.29, 0.717) is 26.3 Å². The van der Waals surface area contributed by atoms with Crippen molar-refractivity contribution >= 4 is 11.0 Å². The fourth-order valence-electron chi connectivity index (χ4n) is 1.83. The smallest absolute Gasteiger partial charge is 0.136 e. The molecule has 1 aromatic heterocycles. The lowest BCUT2D eigenvalue weighted by molar-refractivity contribution is 0.119. The van der Waals surface area contributed by atoms with Crippen molar-refractivity contribution in [1.29, 1.82) is 0 Å². The van der Waals surface area contributed by atoms with Crippen molar-refractivity contribution in [2.45, 2.75) is 13.2 Å². The predicted molar refractivity (Wildman–Crippen MR) is 65.5 cm³/mol.